The molecule has 1 saturated heterocycles. The lowest BCUT2D eigenvalue weighted by atomic mass is 10.0. The number of piperazine rings is 1. The predicted molar refractivity (Wildman–Crippen MR) is 158 cm³/mol. The van der Waals surface area contributed by atoms with Crippen molar-refractivity contribution in [3.63, 3.8) is 0 Å². The molecule has 2 aromatic carbocycles. The fourth-order valence-electron chi connectivity index (χ4n) is 5.56. The number of ether oxygens (including phenoxy) is 1. The number of likely N-dealkylation sites (N-methyl/N-ethyl adjacent to an activating group) is 1. The van der Waals surface area contributed by atoms with E-state index >= 15 is 0 Å². The van der Waals surface area contributed by atoms with Crippen LogP contribution >= 0.6 is 0 Å². The van der Waals surface area contributed by atoms with Gasteiger partial charge in [-0.2, -0.15) is 18.2 Å². The van der Waals surface area contributed by atoms with Crippen LogP contribution in [0.2, 0.25) is 0 Å². The minimum absolute atomic E-state index is 0.0176. The lowest BCUT2D eigenvalue weighted by molar-refractivity contribution is -0.169. The highest BCUT2D eigenvalue weighted by Crippen LogP contribution is 2.39. The van der Waals surface area contributed by atoms with E-state index in [1.807, 2.05) is 43.3 Å². The second-order valence-electron chi connectivity index (χ2n) is 10.7. The number of anilines is 4. The summed E-state index contributed by atoms with van der Waals surface area (Å²) in [4.78, 5) is 29.6. The average molecular weight is 600 g/mol. The highest BCUT2D eigenvalue weighted by molar-refractivity contribution is 5.77. The summed E-state index contributed by atoms with van der Waals surface area (Å²) in [6, 6.07) is 13.2. The number of nitrogens with one attached hydrogen (secondary N) is 2. The summed E-state index contributed by atoms with van der Waals surface area (Å²) < 4.78 is 47.4. The van der Waals surface area contributed by atoms with Gasteiger partial charge in [0, 0.05) is 63.1 Å². The van der Waals surface area contributed by atoms with Gasteiger partial charge < -0.3 is 20.3 Å². The van der Waals surface area contributed by atoms with Gasteiger partial charge in [0.1, 0.15) is 17.1 Å². The van der Waals surface area contributed by atoms with Gasteiger partial charge in [0.2, 0.25) is 5.95 Å². The van der Waals surface area contributed by atoms with E-state index in [2.05, 4.69) is 30.4 Å². The van der Waals surface area contributed by atoms with Crippen molar-refractivity contribution in [2.24, 2.45) is 0 Å². The Labute approximate surface area is 248 Å². The maximum Gasteiger partial charge on any atom is 0.421 e. The SMILES string of the molecule is COc1cc(N2CCN(CC(=O)N(C)OC)CC2)ccc1Nc1ncc(C(F)(F)F)c(N[C@@H]2Cc3ccccc3[C@H]2C)n1. The van der Waals surface area contributed by atoms with Crippen molar-refractivity contribution in [2.75, 3.05) is 69.5 Å². The fourth-order valence-corrected chi connectivity index (χ4v) is 5.56. The van der Waals surface area contributed by atoms with Crippen molar-refractivity contribution >= 4 is 29.0 Å². The Morgan fingerprint density at radius 1 is 1.12 bits per heavy atom. The number of amides is 1. The van der Waals surface area contributed by atoms with Crippen LogP contribution in [0.3, 0.4) is 0 Å². The van der Waals surface area contributed by atoms with Gasteiger partial charge in [-0.25, -0.2) is 10.0 Å². The molecule has 0 bridgehead atoms. The second-order valence-corrected chi connectivity index (χ2v) is 10.7. The van der Waals surface area contributed by atoms with E-state index in [0.717, 1.165) is 23.0 Å². The first kappa shape index (κ1) is 30.4. The van der Waals surface area contributed by atoms with Crippen molar-refractivity contribution in [3.8, 4) is 5.75 Å². The first-order valence-corrected chi connectivity index (χ1v) is 14.1. The number of rotatable bonds is 9. The molecule has 0 spiro atoms. The number of halogens is 3. The second kappa shape index (κ2) is 12.6. The lowest BCUT2D eigenvalue weighted by Crippen LogP contribution is -2.49. The van der Waals surface area contributed by atoms with Gasteiger partial charge in [0.15, 0.2) is 0 Å². The Morgan fingerprint density at radius 3 is 2.53 bits per heavy atom. The molecular weight excluding hydrogens is 563 g/mol. The van der Waals surface area contributed by atoms with Crippen LogP contribution < -0.4 is 20.3 Å². The molecule has 1 aromatic heterocycles. The first-order valence-electron chi connectivity index (χ1n) is 14.1. The number of nitrogens with zero attached hydrogens (tertiary/aromatic N) is 5. The number of hydroxylamine groups is 2. The fraction of sp³-hybridized carbons (Fsp3) is 0.433. The van der Waals surface area contributed by atoms with Crippen molar-refractivity contribution in [3.05, 3.63) is 65.4 Å². The van der Waals surface area contributed by atoms with Gasteiger partial charge >= 0.3 is 6.18 Å². The van der Waals surface area contributed by atoms with Crippen molar-refractivity contribution < 1.29 is 27.5 Å². The third kappa shape index (κ3) is 6.78. The average Bonchev–Trinajstić information content (AvgIpc) is 3.31. The Bertz CT molecular complexity index is 1450. The van der Waals surface area contributed by atoms with Crippen LogP contribution in [0.5, 0.6) is 5.75 Å². The smallest absolute Gasteiger partial charge is 0.421 e. The molecule has 0 unspecified atom stereocenters. The maximum atomic E-state index is 13.9. The Balaban J connectivity index is 1.29. The van der Waals surface area contributed by atoms with E-state index in [4.69, 9.17) is 9.57 Å². The van der Waals surface area contributed by atoms with Crippen LogP contribution in [0.25, 0.3) is 0 Å². The highest BCUT2D eigenvalue weighted by Gasteiger charge is 2.37. The van der Waals surface area contributed by atoms with E-state index in [0.29, 0.717) is 44.0 Å². The molecule has 43 heavy (non-hydrogen) atoms. The summed E-state index contributed by atoms with van der Waals surface area (Å²) in [6.07, 6.45) is -3.21. The molecule has 2 aliphatic rings. The summed E-state index contributed by atoms with van der Waals surface area (Å²) in [5.41, 5.74) is 2.77. The van der Waals surface area contributed by atoms with Crippen LogP contribution in [0.15, 0.2) is 48.7 Å². The minimum Gasteiger partial charge on any atom is -0.494 e. The number of carbonyl (C=O) groups is 1. The molecule has 1 amide bonds. The predicted octanol–water partition coefficient (Wildman–Crippen LogP) is 4.53. The van der Waals surface area contributed by atoms with E-state index in [1.165, 1.54) is 19.3 Å². The largest absolute Gasteiger partial charge is 0.494 e. The van der Waals surface area contributed by atoms with Crippen LogP contribution in [0, 0.1) is 0 Å². The van der Waals surface area contributed by atoms with Crippen LogP contribution in [-0.2, 0) is 22.2 Å². The number of alkyl halides is 3. The van der Waals surface area contributed by atoms with Crippen molar-refractivity contribution in [1.29, 1.82) is 0 Å². The summed E-state index contributed by atoms with van der Waals surface area (Å²) >= 11 is 0. The van der Waals surface area contributed by atoms with Crippen LogP contribution in [-0.4, -0.2) is 85.9 Å². The van der Waals surface area contributed by atoms with E-state index in [1.54, 1.807) is 13.1 Å². The highest BCUT2D eigenvalue weighted by atomic mass is 19.4. The number of fused-ring (bicyclic) bond motifs is 1. The molecular formula is C30H36F3N7O3. The van der Waals surface area contributed by atoms with Gasteiger partial charge in [-0.1, -0.05) is 31.2 Å². The van der Waals surface area contributed by atoms with Gasteiger partial charge in [0.05, 0.1) is 26.5 Å². The Hall–Kier alpha value is -4.10. The topological polar surface area (TPSA) is 95.1 Å². The lowest BCUT2D eigenvalue weighted by Gasteiger charge is -2.36. The summed E-state index contributed by atoms with van der Waals surface area (Å²) in [5, 5.41) is 7.31. The zero-order valence-corrected chi connectivity index (χ0v) is 24.6. The molecule has 1 fully saturated rings. The number of hydrogen-bond donors (Lipinski definition) is 2. The molecule has 1 aliphatic carbocycles. The summed E-state index contributed by atoms with van der Waals surface area (Å²) in [5.74, 6) is 0.155. The molecule has 230 valence electrons. The Morgan fingerprint density at radius 2 is 1.86 bits per heavy atom. The number of hydrogen-bond acceptors (Lipinski definition) is 9. The minimum atomic E-state index is -4.62. The van der Waals surface area contributed by atoms with Crippen LogP contribution in [0.4, 0.5) is 36.3 Å². The molecule has 0 saturated carbocycles. The zero-order chi connectivity index (χ0) is 30.7. The molecule has 0 radical (unpaired) electrons. The quantitative estimate of drug-likeness (QED) is 0.344. The number of carbonyl (C=O) groups excluding carboxylic acids is 1. The summed E-state index contributed by atoms with van der Waals surface area (Å²) in [7, 11) is 4.57. The van der Waals surface area contributed by atoms with Crippen molar-refractivity contribution in [1.82, 2.24) is 19.9 Å². The molecule has 5 rings (SSSR count). The van der Waals surface area contributed by atoms with Crippen LogP contribution in [0.1, 0.15) is 29.5 Å². The molecule has 3 aromatic rings. The van der Waals surface area contributed by atoms with E-state index in [9.17, 15) is 18.0 Å². The number of methoxy groups -OCH3 is 1. The van der Waals surface area contributed by atoms with Gasteiger partial charge in [-0.05, 0) is 29.7 Å². The van der Waals surface area contributed by atoms with E-state index < -0.39 is 11.7 Å². The molecule has 13 heteroatoms. The molecule has 2 N–H and O–H groups in total. The monoisotopic (exact) mass is 599 g/mol. The van der Waals surface area contributed by atoms with Crippen molar-refractivity contribution in [2.45, 2.75) is 31.5 Å². The third-order valence-corrected chi connectivity index (χ3v) is 8.16. The maximum absolute atomic E-state index is 13.9. The first-order chi connectivity index (χ1) is 20.6. The normalized spacial score (nSPS) is 18.7. The number of benzene rings is 2. The van der Waals surface area contributed by atoms with Gasteiger partial charge in [0.25, 0.3) is 5.91 Å². The zero-order valence-electron chi connectivity index (χ0n) is 24.6. The molecule has 10 nitrogen and oxygen atoms in total. The Kier molecular flexibility index (Phi) is 8.92. The molecule has 2 heterocycles. The van der Waals surface area contributed by atoms with Gasteiger partial charge in [-0.3, -0.25) is 14.5 Å². The molecule has 1 aliphatic heterocycles. The summed E-state index contributed by atoms with van der Waals surface area (Å²) in [6.45, 7) is 5.10. The van der Waals surface area contributed by atoms with E-state index in [-0.39, 0.29) is 36.2 Å². The standard InChI is InChI=1S/C30H36F3N7O3/c1-19-22-8-6-5-7-20(22)15-25(19)35-28-23(30(31,32)33)17-34-29(37-28)36-24-10-9-21(16-26(24)42-3)40-13-11-39(12-14-40)18-27(41)38(2)43-4/h5-10,16-17,19,25H,11-15,18H2,1-4H3,(H2,34,35,36,37)/t19-,25-/m1/s1. The van der Waals surface area contributed by atoms with Gasteiger partial charge in [-0.15, -0.1) is 0 Å². The third-order valence-electron chi connectivity index (χ3n) is 8.16. The molecule has 2 atom stereocenters. The number of aromatic nitrogens is 2.